The van der Waals surface area contributed by atoms with Crippen molar-refractivity contribution in [2.24, 2.45) is 0 Å². The number of rotatable bonds is 4. The molecule has 1 aliphatic rings. The largest absolute Gasteiger partial charge is 0.406 e. The van der Waals surface area contributed by atoms with Gasteiger partial charge >= 0.3 is 0 Å². The fourth-order valence-corrected chi connectivity index (χ4v) is 3.56. The molecule has 5 heteroatoms. The first-order chi connectivity index (χ1) is 11.7. The summed E-state index contributed by atoms with van der Waals surface area (Å²) in [5, 5.41) is 4.75. The molecule has 0 spiro atoms. The van der Waals surface area contributed by atoms with Gasteiger partial charge in [0.05, 0.1) is 16.8 Å². The monoisotopic (exact) mass is 355 g/mol. The molecule has 4 nitrogen and oxygen atoms in total. The minimum Gasteiger partial charge on any atom is -0.406 e. The standard InChI is InChI=1S/C20H29N3OSi/c1-19(2,3)25-24-20(4,5)18-9-7-15-6-8-16(14-17(15)22-18)23-12-10-21-11-13-23/h6-9,14,21H,10-13H2,1-5H3. The molecule has 0 unspecified atom stereocenters. The van der Waals surface area contributed by atoms with Gasteiger partial charge in [0.25, 0.3) is 0 Å². The molecule has 0 saturated carbocycles. The van der Waals surface area contributed by atoms with E-state index in [0.717, 1.165) is 37.4 Å². The molecule has 2 radical (unpaired) electrons. The molecule has 134 valence electrons. The average Bonchev–Trinajstić information content (AvgIpc) is 2.59. The van der Waals surface area contributed by atoms with Crippen molar-refractivity contribution in [3.63, 3.8) is 0 Å². The van der Waals surface area contributed by atoms with Crippen molar-refractivity contribution in [1.29, 1.82) is 0 Å². The van der Waals surface area contributed by atoms with E-state index < -0.39 is 0 Å². The Bertz CT molecular complexity index is 733. The molecule has 0 bridgehead atoms. The number of nitrogens with zero attached hydrogens (tertiary/aromatic N) is 2. The molecule has 2 aromatic rings. The van der Waals surface area contributed by atoms with Crippen molar-refractivity contribution >= 4 is 26.4 Å². The van der Waals surface area contributed by atoms with Gasteiger partial charge in [-0.1, -0.05) is 32.9 Å². The van der Waals surface area contributed by atoms with E-state index in [2.05, 4.69) is 75.2 Å². The van der Waals surface area contributed by atoms with E-state index in [4.69, 9.17) is 9.41 Å². The van der Waals surface area contributed by atoms with E-state index >= 15 is 0 Å². The molecule has 1 aromatic carbocycles. The minimum absolute atomic E-state index is 0.170. The number of benzene rings is 1. The molecule has 2 heterocycles. The summed E-state index contributed by atoms with van der Waals surface area (Å²) in [5.41, 5.74) is 2.91. The van der Waals surface area contributed by atoms with Gasteiger partial charge in [-0.15, -0.1) is 0 Å². The van der Waals surface area contributed by atoms with E-state index in [1.807, 2.05) is 0 Å². The van der Waals surface area contributed by atoms with Gasteiger partial charge in [-0.25, -0.2) is 4.98 Å². The number of anilines is 1. The first kappa shape index (κ1) is 18.4. The van der Waals surface area contributed by atoms with Crippen LogP contribution in [0, 0.1) is 0 Å². The Balaban J connectivity index is 1.87. The highest BCUT2D eigenvalue weighted by Gasteiger charge is 2.26. The summed E-state index contributed by atoms with van der Waals surface area (Å²) in [6.45, 7) is 15.0. The highest BCUT2D eigenvalue weighted by atomic mass is 28.2. The number of hydrogen-bond acceptors (Lipinski definition) is 4. The third-order valence-corrected chi connectivity index (χ3v) is 5.61. The molecule has 3 rings (SSSR count). The number of fused-ring (bicyclic) bond motifs is 1. The van der Waals surface area contributed by atoms with Crippen LogP contribution in [0.25, 0.3) is 10.9 Å². The summed E-state index contributed by atoms with van der Waals surface area (Å²) in [6.07, 6.45) is 0. The maximum Gasteiger partial charge on any atom is 0.237 e. The van der Waals surface area contributed by atoms with Crippen LogP contribution in [0.3, 0.4) is 0 Å². The predicted molar refractivity (Wildman–Crippen MR) is 106 cm³/mol. The second-order valence-corrected chi connectivity index (χ2v) is 10.2. The Labute approximate surface area is 153 Å². The summed E-state index contributed by atoms with van der Waals surface area (Å²) in [5.74, 6) is 0. The summed E-state index contributed by atoms with van der Waals surface area (Å²) in [4.78, 5) is 7.36. The summed E-state index contributed by atoms with van der Waals surface area (Å²) in [7, 11) is 0.441. The second kappa shape index (κ2) is 7.06. The third-order valence-electron chi connectivity index (χ3n) is 4.39. The highest BCUT2D eigenvalue weighted by Crippen LogP contribution is 2.30. The zero-order valence-electron chi connectivity index (χ0n) is 16.0. The first-order valence-electron chi connectivity index (χ1n) is 9.07. The van der Waals surface area contributed by atoms with E-state index in [-0.39, 0.29) is 10.6 Å². The summed E-state index contributed by atoms with van der Waals surface area (Å²) < 4.78 is 6.22. The molecule has 1 saturated heterocycles. The van der Waals surface area contributed by atoms with Crippen molar-refractivity contribution < 1.29 is 4.43 Å². The molecule has 1 aliphatic heterocycles. The van der Waals surface area contributed by atoms with Crippen LogP contribution in [0.4, 0.5) is 5.69 Å². The van der Waals surface area contributed by atoms with Crippen LogP contribution in [-0.4, -0.2) is 40.9 Å². The van der Waals surface area contributed by atoms with Crippen molar-refractivity contribution in [2.75, 3.05) is 31.1 Å². The van der Waals surface area contributed by atoms with E-state index in [1.165, 1.54) is 11.1 Å². The van der Waals surface area contributed by atoms with Crippen molar-refractivity contribution in [1.82, 2.24) is 10.3 Å². The maximum absolute atomic E-state index is 6.22. The Morgan fingerprint density at radius 1 is 1.04 bits per heavy atom. The number of aromatic nitrogens is 1. The fourth-order valence-electron chi connectivity index (χ4n) is 2.89. The molecule has 1 aromatic heterocycles. The molecule has 0 aliphatic carbocycles. The lowest BCUT2D eigenvalue weighted by Gasteiger charge is -2.30. The van der Waals surface area contributed by atoms with Gasteiger partial charge < -0.3 is 14.6 Å². The number of pyridine rings is 1. The Morgan fingerprint density at radius 2 is 1.72 bits per heavy atom. The van der Waals surface area contributed by atoms with Gasteiger partial charge in [0, 0.05) is 37.3 Å². The molecular weight excluding hydrogens is 326 g/mol. The summed E-state index contributed by atoms with van der Waals surface area (Å²) >= 11 is 0. The lowest BCUT2D eigenvalue weighted by molar-refractivity contribution is 0.105. The molecule has 25 heavy (non-hydrogen) atoms. The quantitative estimate of drug-likeness (QED) is 0.848. The van der Waals surface area contributed by atoms with E-state index in [9.17, 15) is 0 Å². The SMILES string of the molecule is CC(C)(C)[Si]OC(C)(C)c1ccc2ccc(N3CCNCC3)cc2n1. The molecule has 1 fully saturated rings. The summed E-state index contributed by atoms with van der Waals surface area (Å²) in [6, 6.07) is 10.8. The Morgan fingerprint density at radius 3 is 2.40 bits per heavy atom. The normalized spacial score (nSPS) is 16.4. The van der Waals surface area contributed by atoms with Crippen molar-refractivity contribution in [2.45, 2.75) is 45.3 Å². The van der Waals surface area contributed by atoms with Crippen LogP contribution >= 0.6 is 0 Å². The average molecular weight is 356 g/mol. The lowest BCUT2D eigenvalue weighted by atomic mass is 10.0. The third kappa shape index (κ3) is 4.60. The van der Waals surface area contributed by atoms with Gasteiger partial charge in [-0.3, -0.25) is 0 Å². The van der Waals surface area contributed by atoms with Crippen LogP contribution in [0.2, 0.25) is 5.04 Å². The van der Waals surface area contributed by atoms with Gasteiger partial charge in [-0.2, -0.15) is 0 Å². The Hall–Kier alpha value is -1.43. The number of piperazine rings is 1. The van der Waals surface area contributed by atoms with Crippen LogP contribution in [0.5, 0.6) is 0 Å². The minimum atomic E-state index is -0.384. The molecule has 0 atom stereocenters. The maximum atomic E-state index is 6.22. The van der Waals surface area contributed by atoms with E-state index in [0.29, 0.717) is 9.76 Å². The van der Waals surface area contributed by atoms with Crippen LogP contribution < -0.4 is 10.2 Å². The van der Waals surface area contributed by atoms with E-state index in [1.54, 1.807) is 0 Å². The van der Waals surface area contributed by atoms with Gasteiger partial charge in [-0.05, 0) is 37.1 Å². The predicted octanol–water partition coefficient (Wildman–Crippen LogP) is 3.73. The zero-order valence-corrected chi connectivity index (χ0v) is 17.0. The van der Waals surface area contributed by atoms with Crippen LogP contribution in [-0.2, 0) is 10.0 Å². The van der Waals surface area contributed by atoms with Gasteiger partial charge in [0.2, 0.25) is 9.76 Å². The first-order valence-corrected chi connectivity index (χ1v) is 9.98. The number of hydrogen-bond donors (Lipinski definition) is 1. The smallest absolute Gasteiger partial charge is 0.237 e. The number of nitrogens with one attached hydrogen (secondary N) is 1. The highest BCUT2D eigenvalue weighted by molar-refractivity contribution is 6.31. The van der Waals surface area contributed by atoms with Gasteiger partial charge in [0.15, 0.2) is 0 Å². The Kier molecular flexibility index (Phi) is 5.18. The lowest BCUT2D eigenvalue weighted by Crippen LogP contribution is -2.43. The molecular formula is C20H29N3OSi. The fraction of sp³-hybridized carbons (Fsp3) is 0.550. The second-order valence-electron chi connectivity index (χ2n) is 8.27. The molecule has 0 amide bonds. The van der Waals surface area contributed by atoms with Crippen LogP contribution in [0.1, 0.15) is 40.3 Å². The van der Waals surface area contributed by atoms with Crippen molar-refractivity contribution in [3.8, 4) is 0 Å². The molecule has 1 N–H and O–H groups in total. The van der Waals surface area contributed by atoms with Crippen molar-refractivity contribution in [3.05, 3.63) is 36.0 Å². The van der Waals surface area contributed by atoms with Crippen LogP contribution in [0.15, 0.2) is 30.3 Å². The topological polar surface area (TPSA) is 37.4 Å². The van der Waals surface area contributed by atoms with Gasteiger partial charge in [0.1, 0.15) is 0 Å². The zero-order chi connectivity index (χ0) is 18.1.